The zero-order valence-corrected chi connectivity index (χ0v) is 14.3. The molecule has 2 aromatic rings. The molecule has 0 aliphatic heterocycles. The SMILES string of the molecule is CC(=O)Nc1ccc(SC(C)C(=O)N(C)c2ccccc2)cc1. The molecule has 1 atom stereocenters. The Morgan fingerprint density at radius 1 is 1.04 bits per heavy atom. The van der Waals surface area contributed by atoms with E-state index in [4.69, 9.17) is 0 Å². The molecule has 0 spiro atoms. The third-order valence-corrected chi connectivity index (χ3v) is 4.41. The summed E-state index contributed by atoms with van der Waals surface area (Å²) in [5.41, 5.74) is 1.63. The van der Waals surface area contributed by atoms with Gasteiger partial charge >= 0.3 is 0 Å². The second-order valence-electron chi connectivity index (χ2n) is 5.20. The molecule has 0 saturated carbocycles. The molecule has 0 fully saturated rings. The first-order chi connectivity index (χ1) is 11.0. The van der Waals surface area contributed by atoms with Gasteiger partial charge in [0.25, 0.3) is 0 Å². The molecule has 0 aliphatic rings. The summed E-state index contributed by atoms with van der Waals surface area (Å²) in [6.07, 6.45) is 0. The quantitative estimate of drug-likeness (QED) is 0.850. The number of nitrogens with one attached hydrogen (secondary N) is 1. The van der Waals surface area contributed by atoms with Gasteiger partial charge in [0.05, 0.1) is 5.25 Å². The lowest BCUT2D eigenvalue weighted by Crippen LogP contribution is -2.33. The lowest BCUT2D eigenvalue weighted by atomic mass is 10.3. The summed E-state index contributed by atoms with van der Waals surface area (Å²) < 4.78 is 0. The number of hydrogen-bond donors (Lipinski definition) is 1. The molecule has 5 heteroatoms. The van der Waals surface area contributed by atoms with Gasteiger partial charge in [-0.05, 0) is 43.3 Å². The summed E-state index contributed by atoms with van der Waals surface area (Å²) in [6.45, 7) is 3.37. The van der Waals surface area contributed by atoms with Gasteiger partial charge in [-0.1, -0.05) is 18.2 Å². The van der Waals surface area contributed by atoms with E-state index in [-0.39, 0.29) is 17.1 Å². The van der Waals surface area contributed by atoms with Crippen LogP contribution in [0.25, 0.3) is 0 Å². The van der Waals surface area contributed by atoms with Crippen molar-refractivity contribution in [3.63, 3.8) is 0 Å². The Bertz CT molecular complexity index is 671. The number of thioether (sulfide) groups is 1. The molecule has 0 saturated heterocycles. The van der Waals surface area contributed by atoms with Crippen LogP contribution in [-0.4, -0.2) is 24.1 Å². The van der Waals surface area contributed by atoms with Crippen LogP contribution in [0.1, 0.15) is 13.8 Å². The fraction of sp³-hybridized carbons (Fsp3) is 0.222. The van der Waals surface area contributed by atoms with Crippen LogP contribution in [0.4, 0.5) is 11.4 Å². The Kier molecular flexibility index (Phi) is 5.82. The van der Waals surface area contributed by atoms with Crippen LogP contribution in [0, 0.1) is 0 Å². The molecule has 0 aromatic heterocycles. The number of para-hydroxylation sites is 1. The second-order valence-corrected chi connectivity index (χ2v) is 6.61. The fourth-order valence-corrected chi connectivity index (χ4v) is 3.09. The number of benzene rings is 2. The molecule has 0 aliphatic carbocycles. The molecular weight excluding hydrogens is 308 g/mol. The maximum absolute atomic E-state index is 12.5. The minimum atomic E-state index is -0.202. The van der Waals surface area contributed by atoms with Crippen LogP contribution >= 0.6 is 11.8 Å². The molecule has 2 amide bonds. The van der Waals surface area contributed by atoms with E-state index in [2.05, 4.69) is 5.32 Å². The van der Waals surface area contributed by atoms with Gasteiger partial charge in [-0.2, -0.15) is 0 Å². The molecule has 0 heterocycles. The van der Waals surface area contributed by atoms with Gasteiger partial charge in [0.15, 0.2) is 0 Å². The van der Waals surface area contributed by atoms with Crippen molar-refractivity contribution in [1.82, 2.24) is 0 Å². The zero-order valence-electron chi connectivity index (χ0n) is 13.4. The molecule has 0 bridgehead atoms. The molecule has 2 aromatic carbocycles. The number of amides is 2. The van der Waals surface area contributed by atoms with Gasteiger partial charge in [-0.25, -0.2) is 0 Å². The van der Waals surface area contributed by atoms with Crippen LogP contribution in [0.15, 0.2) is 59.5 Å². The van der Waals surface area contributed by atoms with Crippen molar-refractivity contribution in [3.8, 4) is 0 Å². The first-order valence-electron chi connectivity index (χ1n) is 7.34. The Balaban J connectivity index is 1.99. The molecule has 0 radical (unpaired) electrons. The third kappa shape index (κ3) is 4.86. The average Bonchev–Trinajstić information content (AvgIpc) is 2.55. The predicted octanol–water partition coefficient (Wildman–Crippen LogP) is 3.79. The zero-order chi connectivity index (χ0) is 16.8. The topological polar surface area (TPSA) is 49.4 Å². The first kappa shape index (κ1) is 17.1. The highest BCUT2D eigenvalue weighted by molar-refractivity contribution is 8.00. The van der Waals surface area contributed by atoms with E-state index < -0.39 is 0 Å². The number of rotatable bonds is 5. The first-order valence-corrected chi connectivity index (χ1v) is 8.22. The van der Waals surface area contributed by atoms with Crippen LogP contribution in [-0.2, 0) is 9.59 Å². The van der Waals surface area contributed by atoms with Crippen molar-refractivity contribution in [2.45, 2.75) is 24.0 Å². The van der Waals surface area contributed by atoms with Crippen molar-refractivity contribution in [3.05, 3.63) is 54.6 Å². The average molecular weight is 328 g/mol. The largest absolute Gasteiger partial charge is 0.326 e. The normalized spacial score (nSPS) is 11.6. The van der Waals surface area contributed by atoms with E-state index in [1.807, 2.05) is 61.5 Å². The maximum Gasteiger partial charge on any atom is 0.239 e. The minimum absolute atomic E-state index is 0.0483. The highest BCUT2D eigenvalue weighted by Gasteiger charge is 2.19. The third-order valence-electron chi connectivity index (χ3n) is 3.31. The highest BCUT2D eigenvalue weighted by Crippen LogP contribution is 2.26. The van der Waals surface area contributed by atoms with Crippen molar-refractivity contribution >= 4 is 35.0 Å². The maximum atomic E-state index is 12.5. The van der Waals surface area contributed by atoms with E-state index in [0.717, 1.165) is 16.3 Å². The van der Waals surface area contributed by atoms with E-state index in [0.29, 0.717) is 0 Å². The Hall–Kier alpha value is -2.27. The van der Waals surface area contributed by atoms with E-state index in [1.165, 1.54) is 18.7 Å². The molecule has 23 heavy (non-hydrogen) atoms. The number of anilines is 2. The molecule has 2 rings (SSSR count). The van der Waals surface area contributed by atoms with Crippen molar-refractivity contribution in [2.75, 3.05) is 17.3 Å². The van der Waals surface area contributed by atoms with Gasteiger partial charge in [0, 0.05) is 30.2 Å². The van der Waals surface area contributed by atoms with Crippen LogP contribution in [0.2, 0.25) is 0 Å². The number of hydrogen-bond acceptors (Lipinski definition) is 3. The van der Waals surface area contributed by atoms with E-state index in [9.17, 15) is 9.59 Å². The van der Waals surface area contributed by atoms with Crippen molar-refractivity contribution in [2.24, 2.45) is 0 Å². The van der Waals surface area contributed by atoms with E-state index in [1.54, 1.807) is 11.9 Å². The Morgan fingerprint density at radius 2 is 1.65 bits per heavy atom. The summed E-state index contributed by atoms with van der Waals surface area (Å²) in [5.74, 6) is -0.0504. The smallest absolute Gasteiger partial charge is 0.239 e. The lowest BCUT2D eigenvalue weighted by molar-refractivity contribution is -0.117. The summed E-state index contributed by atoms with van der Waals surface area (Å²) in [6, 6.07) is 17.1. The number of carbonyl (C=O) groups excluding carboxylic acids is 2. The van der Waals surface area contributed by atoms with Crippen LogP contribution < -0.4 is 10.2 Å². The lowest BCUT2D eigenvalue weighted by Gasteiger charge is -2.21. The van der Waals surface area contributed by atoms with Crippen molar-refractivity contribution < 1.29 is 9.59 Å². The Labute approximate surface area is 140 Å². The van der Waals surface area contributed by atoms with Crippen LogP contribution in [0.3, 0.4) is 0 Å². The van der Waals surface area contributed by atoms with Gasteiger partial charge in [0.1, 0.15) is 0 Å². The molecule has 4 nitrogen and oxygen atoms in total. The fourth-order valence-electron chi connectivity index (χ4n) is 2.13. The number of nitrogens with zero attached hydrogens (tertiary/aromatic N) is 1. The molecule has 120 valence electrons. The molecule has 1 unspecified atom stereocenters. The van der Waals surface area contributed by atoms with Gasteiger partial charge < -0.3 is 10.2 Å². The predicted molar refractivity (Wildman–Crippen MR) is 95.9 cm³/mol. The summed E-state index contributed by atoms with van der Waals surface area (Å²) in [4.78, 5) is 26.2. The Morgan fingerprint density at radius 3 is 2.22 bits per heavy atom. The number of carbonyl (C=O) groups is 2. The molecule has 1 N–H and O–H groups in total. The minimum Gasteiger partial charge on any atom is -0.326 e. The summed E-state index contributed by atoms with van der Waals surface area (Å²) in [5, 5.41) is 2.52. The van der Waals surface area contributed by atoms with Gasteiger partial charge in [-0.3, -0.25) is 9.59 Å². The highest BCUT2D eigenvalue weighted by atomic mass is 32.2. The standard InChI is InChI=1S/C18H20N2O2S/c1-13(18(22)20(3)16-7-5-4-6-8-16)23-17-11-9-15(10-12-17)19-14(2)21/h4-13H,1-3H3,(H,19,21). The van der Waals surface area contributed by atoms with E-state index >= 15 is 0 Å². The van der Waals surface area contributed by atoms with Gasteiger partial charge in [0.2, 0.25) is 11.8 Å². The van der Waals surface area contributed by atoms with Crippen LogP contribution in [0.5, 0.6) is 0 Å². The monoisotopic (exact) mass is 328 g/mol. The van der Waals surface area contributed by atoms with Gasteiger partial charge in [-0.15, -0.1) is 11.8 Å². The second kappa shape index (κ2) is 7.83. The summed E-state index contributed by atoms with van der Waals surface area (Å²) >= 11 is 1.50. The molecular formula is C18H20N2O2S. The van der Waals surface area contributed by atoms with Crippen molar-refractivity contribution in [1.29, 1.82) is 0 Å². The summed E-state index contributed by atoms with van der Waals surface area (Å²) in [7, 11) is 1.79.